The predicted molar refractivity (Wildman–Crippen MR) is 111 cm³/mol. The van der Waals surface area contributed by atoms with E-state index >= 15 is 0 Å². The summed E-state index contributed by atoms with van der Waals surface area (Å²) in [6, 6.07) is 9.90. The molecule has 4 rings (SSSR count). The Morgan fingerprint density at radius 2 is 1.97 bits per heavy atom. The van der Waals surface area contributed by atoms with Gasteiger partial charge in [0.2, 0.25) is 11.8 Å². The van der Waals surface area contributed by atoms with Gasteiger partial charge in [-0.05, 0) is 31.5 Å². The molecule has 2 aromatic heterocycles. The number of rotatable bonds is 5. The molecule has 0 radical (unpaired) electrons. The Hall–Kier alpha value is -3.43. The van der Waals surface area contributed by atoms with Gasteiger partial charge in [0.25, 0.3) is 0 Å². The first kappa shape index (κ1) is 21.8. The molecule has 1 aliphatic heterocycles. The van der Waals surface area contributed by atoms with Gasteiger partial charge >= 0.3 is 6.18 Å². The van der Waals surface area contributed by atoms with Crippen molar-refractivity contribution in [1.82, 2.24) is 19.7 Å². The van der Waals surface area contributed by atoms with E-state index in [4.69, 9.17) is 5.73 Å². The first-order valence-electron chi connectivity index (χ1n) is 10.2. The van der Waals surface area contributed by atoms with E-state index in [0.717, 1.165) is 6.07 Å². The fourth-order valence-corrected chi connectivity index (χ4v) is 4.07. The molecule has 0 aliphatic carbocycles. The van der Waals surface area contributed by atoms with Gasteiger partial charge in [-0.3, -0.25) is 19.3 Å². The molecule has 0 saturated carbocycles. The highest BCUT2D eigenvalue weighted by Crippen LogP contribution is 2.30. The molecule has 1 aromatic carbocycles. The molecule has 1 aliphatic rings. The van der Waals surface area contributed by atoms with Crippen molar-refractivity contribution >= 4 is 22.7 Å². The summed E-state index contributed by atoms with van der Waals surface area (Å²) in [6.07, 6.45) is -3.79. The standard InChI is InChI=1S/C22H22F3N5O2/c1-13-10-19(22(23,24)25)28-30(13)9-7-20(31)29-8-6-14(12-29)18-11-16(21(26)32)15-4-2-3-5-17(15)27-18/h2-5,10-11,14H,6-9,12H2,1H3,(H2,26,32)/t14-/m0/s1. The molecule has 0 spiro atoms. The van der Waals surface area contributed by atoms with Crippen LogP contribution in [0.3, 0.4) is 0 Å². The molecule has 32 heavy (non-hydrogen) atoms. The van der Waals surface area contributed by atoms with Gasteiger partial charge < -0.3 is 10.6 Å². The molecule has 1 atom stereocenters. The number of fused-ring (bicyclic) bond motifs is 1. The minimum atomic E-state index is -4.52. The summed E-state index contributed by atoms with van der Waals surface area (Å²) in [5.41, 5.74) is 6.70. The average molecular weight is 445 g/mol. The van der Waals surface area contributed by atoms with Crippen molar-refractivity contribution in [2.75, 3.05) is 13.1 Å². The SMILES string of the molecule is Cc1cc(C(F)(F)F)nn1CCC(=O)N1CC[C@H](c2cc(C(N)=O)c3ccccc3n2)C1. The van der Waals surface area contributed by atoms with Crippen LogP contribution in [0.5, 0.6) is 0 Å². The van der Waals surface area contributed by atoms with E-state index in [1.807, 2.05) is 18.2 Å². The smallest absolute Gasteiger partial charge is 0.366 e. The second-order valence-electron chi connectivity index (χ2n) is 7.94. The van der Waals surface area contributed by atoms with Crippen LogP contribution in [0.1, 0.15) is 46.2 Å². The van der Waals surface area contributed by atoms with Crippen molar-refractivity contribution in [2.24, 2.45) is 5.73 Å². The molecule has 0 unspecified atom stereocenters. The summed E-state index contributed by atoms with van der Waals surface area (Å²) in [5, 5.41) is 4.25. The van der Waals surface area contributed by atoms with Crippen LogP contribution >= 0.6 is 0 Å². The van der Waals surface area contributed by atoms with Crippen molar-refractivity contribution in [3.05, 3.63) is 59.0 Å². The molecule has 2 N–H and O–H groups in total. The molecule has 3 aromatic rings. The lowest BCUT2D eigenvalue weighted by Crippen LogP contribution is -2.29. The van der Waals surface area contributed by atoms with Gasteiger partial charge in [0.15, 0.2) is 5.69 Å². The molecule has 168 valence electrons. The fourth-order valence-electron chi connectivity index (χ4n) is 4.07. The number of carbonyl (C=O) groups is 2. The summed E-state index contributed by atoms with van der Waals surface area (Å²) >= 11 is 0. The number of pyridine rings is 1. The number of para-hydroxylation sites is 1. The largest absolute Gasteiger partial charge is 0.435 e. The third kappa shape index (κ3) is 4.30. The van der Waals surface area contributed by atoms with Crippen LogP contribution in [0.4, 0.5) is 13.2 Å². The maximum atomic E-state index is 12.8. The number of aromatic nitrogens is 3. The van der Waals surface area contributed by atoms with Gasteiger partial charge in [0, 0.05) is 48.7 Å². The van der Waals surface area contributed by atoms with Gasteiger partial charge in [-0.15, -0.1) is 0 Å². The maximum absolute atomic E-state index is 12.8. The molecule has 3 heterocycles. The minimum absolute atomic E-state index is 0.0459. The van der Waals surface area contributed by atoms with Crippen LogP contribution < -0.4 is 5.73 Å². The summed E-state index contributed by atoms with van der Waals surface area (Å²) < 4.78 is 39.7. The molecular weight excluding hydrogens is 423 g/mol. The number of nitrogens with two attached hydrogens (primary N) is 1. The van der Waals surface area contributed by atoms with Crippen LogP contribution in [-0.4, -0.2) is 44.6 Å². The Balaban J connectivity index is 1.44. The first-order valence-corrected chi connectivity index (χ1v) is 10.2. The Bertz CT molecular complexity index is 1190. The quantitative estimate of drug-likeness (QED) is 0.652. The van der Waals surface area contributed by atoms with E-state index in [-0.39, 0.29) is 24.8 Å². The van der Waals surface area contributed by atoms with Crippen molar-refractivity contribution in [2.45, 2.75) is 38.4 Å². The van der Waals surface area contributed by atoms with Gasteiger partial charge in [-0.1, -0.05) is 18.2 Å². The van der Waals surface area contributed by atoms with Gasteiger partial charge in [-0.25, -0.2) is 0 Å². The lowest BCUT2D eigenvalue weighted by Gasteiger charge is -2.17. The van der Waals surface area contributed by atoms with Crippen molar-refractivity contribution in [3.8, 4) is 0 Å². The molecule has 1 fully saturated rings. The van der Waals surface area contributed by atoms with Crippen LogP contribution in [0.15, 0.2) is 36.4 Å². The van der Waals surface area contributed by atoms with Gasteiger partial charge in [-0.2, -0.15) is 18.3 Å². The summed E-state index contributed by atoms with van der Waals surface area (Å²) in [5.74, 6) is -0.750. The zero-order valence-corrected chi connectivity index (χ0v) is 17.4. The zero-order chi connectivity index (χ0) is 23.0. The Kier molecular flexibility index (Phi) is 5.62. The normalized spacial score (nSPS) is 16.6. The number of hydrogen-bond donors (Lipinski definition) is 1. The fraction of sp³-hybridized carbons (Fsp3) is 0.364. The molecule has 7 nitrogen and oxygen atoms in total. The number of likely N-dealkylation sites (tertiary alicyclic amines) is 1. The monoisotopic (exact) mass is 445 g/mol. The third-order valence-corrected chi connectivity index (χ3v) is 5.77. The topological polar surface area (TPSA) is 94.1 Å². The second kappa shape index (κ2) is 8.25. The summed E-state index contributed by atoms with van der Waals surface area (Å²) in [4.78, 5) is 30.9. The van der Waals surface area contributed by atoms with Crippen LogP contribution in [0.25, 0.3) is 10.9 Å². The number of halogens is 3. The van der Waals surface area contributed by atoms with E-state index in [1.165, 1.54) is 11.6 Å². The van der Waals surface area contributed by atoms with E-state index in [2.05, 4.69) is 10.1 Å². The minimum Gasteiger partial charge on any atom is -0.366 e. The van der Waals surface area contributed by atoms with Gasteiger partial charge in [0.1, 0.15) is 0 Å². The van der Waals surface area contributed by atoms with Crippen LogP contribution in [-0.2, 0) is 17.5 Å². The Morgan fingerprint density at radius 3 is 2.66 bits per heavy atom. The maximum Gasteiger partial charge on any atom is 0.435 e. The number of amides is 2. The highest BCUT2D eigenvalue weighted by atomic mass is 19.4. The predicted octanol–water partition coefficient (Wildman–Crippen LogP) is 3.26. The number of alkyl halides is 3. The Labute approximate surface area is 182 Å². The zero-order valence-electron chi connectivity index (χ0n) is 17.4. The van der Waals surface area contributed by atoms with Gasteiger partial charge in [0.05, 0.1) is 11.1 Å². The highest BCUT2D eigenvalue weighted by molar-refractivity contribution is 6.05. The second-order valence-corrected chi connectivity index (χ2v) is 7.94. The van der Waals surface area contributed by atoms with E-state index in [0.29, 0.717) is 47.4 Å². The molecule has 0 bridgehead atoms. The molecular formula is C22H22F3N5O2. The van der Waals surface area contributed by atoms with Crippen molar-refractivity contribution in [1.29, 1.82) is 0 Å². The number of nitrogens with zero attached hydrogens (tertiary/aromatic N) is 4. The van der Waals surface area contributed by atoms with Crippen molar-refractivity contribution < 1.29 is 22.8 Å². The van der Waals surface area contributed by atoms with E-state index < -0.39 is 17.8 Å². The van der Waals surface area contributed by atoms with Crippen molar-refractivity contribution in [3.63, 3.8) is 0 Å². The number of benzene rings is 1. The highest BCUT2D eigenvalue weighted by Gasteiger charge is 2.34. The number of aryl methyl sites for hydroxylation is 2. The Morgan fingerprint density at radius 1 is 1.22 bits per heavy atom. The third-order valence-electron chi connectivity index (χ3n) is 5.77. The lowest BCUT2D eigenvalue weighted by atomic mass is 9.99. The van der Waals surface area contributed by atoms with E-state index in [9.17, 15) is 22.8 Å². The number of hydrogen-bond acceptors (Lipinski definition) is 4. The summed E-state index contributed by atoms with van der Waals surface area (Å²) in [7, 11) is 0. The molecule has 10 heteroatoms. The summed E-state index contributed by atoms with van der Waals surface area (Å²) in [6.45, 7) is 2.53. The number of primary amides is 1. The van der Waals surface area contributed by atoms with Crippen LogP contribution in [0, 0.1) is 6.92 Å². The number of carbonyl (C=O) groups excluding carboxylic acids is 2. The lowest BCUT2D eigenvalue weighted by molar-refractivity contribution is -0.141. The first-order chi connectivity index (χ1) is 15.1. The molecule has 1 saturated heterocycles. The van der Waals surface area contributed by atoms with Crippen LogP contribution in [0.2, 0.25) is 0 Å². The van der Waals surface area contributed by atoms with E-state index in [1.54, 1.807) is 17.0 Å². The molecule has 2 amide bonds. The average Bonchev–Trinajstić information content (AvgIpc) is 3.38.